The average Bonchev–Trinajstić information content (AvgIpc) is 2.92. The van der Waals surface area contributed by atoms with Crippen molar-refractivity contribution in [3.63, 3.8) is 0 Å². The smallest absolute Gasteiger partial charge is 0.257 e. The van der Waals surface area contributed by atoms with Crippen molar-refractivity contribution in [3.8, 4) is 0 Å². The summed E-state index contributed by atoms with van der Waals surface area (Å²) in [7, 11) is 0. The molecule has 1 aliphatic heterocycles. The first-order chi connectivity index (χ1) is 8.65. The van der Waals surface area contributed by atoms with Crippen LogP contribution in [0.1, 0.15) is 11.7 Å². The highest BCUT2D eigenvalue weighted by atomic mass is 79.9. The van der Waals surface area contributed by atoms with Gasteiger partial charge < -0.3 is 10.4 Å². The lowest BCUT2D eigenvalue weighted by Gasteiger charge is -2.06. The van der Waals surface area contributed by atoms with E-state index in [0.29, 0.717) is 11.3 Å². The highest BCUT2D eigenvalue weighted by Crippen LogP contribution is 2.41. The fourth-order valence-electron chi connectivity index (χ4n) is 1.63. The number of fused-ring (bicyclic) bond motifs is 1. The fraction of sp³-hybridized carbons (Fsp3) is 0.100. The zero-order valence-corrected chi connectivity index (χ0v) is 12.0. The second-order valence-electron chi connectivity index (χ2n) is 3.57. The van der Waals surface area contributed by atoms with Gasteiger partial charge in [-0.05, 0) is 39.6 Å². The number of hydrogen-bond acceptors (Lipinski definition) is 6. The first-order valence-corrected chi connectivity index (χ1v) is 7.30. The number of carbonyl (C=O) groups is 1. The molecular formula is C10H6BrN3O2S2. The maximum atomic E-state index is 11.4. The summed E-state index contributed by atoms with van der Waals surface area (Å²) in [5.41, 5.74) is 1.23. The van der Waals surface area contributed by atoms with Gasteiger partial charge in [-0.1, -0.05) is 11.8 Å². The van der Waals surface area contributed by atoms with Gasteiger partial charge in [-0.3, -0.25) is 4.79 Å². The average molecular weight is 344 g/mol. The van der Waals surface area contributed by atoms with Gasteiger partial charge in [-0.25, -0.2) is 4.98 Å². The van der Waals surface area contributed by atoms with E-state index in [1.165, 1.54) is 29.6 Å². The van der Waals surface area contributed by atoms with Crippen LogP contribution in [0.4, 0.5) is 5.69 Å². The fourth-order valence-corrected chi connectivity index (χ4v) is 3.68. The molecule has 0 saturated carbocycles. The molecule has 8 heteroatoms. The minimum absolute atomic E-state index is 0.394. The molecular weight excluding hydrogens is 338 g/mol. The number of carbonyl (C=O) groups excluding carboxylic acids is 1. The lowest BCUT2D eigenvalue weighted by atomic mass is 10.1. The van der Waals surface area contributed by atoms with E-state index in [4.69, 9.17) is 0 Å². The molecule has 0 aliphatic carbocycles. The van der Waals surface area contributed by atoms with Gasteiger partial charge in [-0.15, -0.1) is 0 Å². The number of nitrogens with zero attached hydrogens (tertiary/aromatic N) is 2. The second kappa shape index (κ2) is 4.61. The maximum absolute atomic E-state index is 11.4. The van der Waals surface area contributed by atoms with Crippen molar-refractivity contribution >= 4 is 50.8 Å². The quantitative estimate of drug-likeness (QED) is 0.875. The van der Waals surface area contributed by atoms with Gasteiger partial charge in [0.1, 0.15) is 6.33 Å². The number of aromatic nitrogens is 2. The lowest BCUT2D eigenvalue weighted by Crippen LogP contribution is -2.10. The molecule has 2 N–H and O–H groups in total. The van der Waals surface area contributed by atoms with Crippen LogP contribution in [0.5, 0.6) is 0 Å². The number of benzene rings is 1. The maximum Gasteiger partial charge on any atom is 0.257 e. The SMILES string of the molecule is O=C1Nc2cc(Sc3ncns3)c(Br)cc2C1O. The van der Waals surface area contributed by atoms with Crippen LogP contribution in [0, 0.1) is 0 Å². The number of rotatable bonds is 2. The molecule has 0 spiro atoms. The molecule has 92 valence electrons. The third-order valence-corrected chi connectivity index (χ3v) is 5.13. The summed E-state index contributed by atoms with van der Waals surface area (Å²) in [6.07, 6.45) is 0.414. The van der Waals surface area contributed by atoms with Gasteiger partial charge in [0.05, 0.1) is 0 Å². The van der Waals surface area contributed by atoms with Crippen molar-refractivity contribution in [3.05, 3.63) is 28.5 Å². The normalized spacial score (nSPS) is 17.7. The molecule has 3 rings (SSSR count). The molecule has 1 aromatic heterocycles. The zero-order chi connectivity index (χ0) is 12.7. The van der Waals surface area contributed by atoms with Crippen molar-refractivity contribution in [1.29, 1.82) is 0 Å². The third kappa shape index (κ3) is 2.05. The van der Waals surface area contributed by atoms with E-state index in [1.807, 2.05) is 6.07 Å². The molecule has 1 atom stereocenters. The molecule has 1 aromatic carbocycles. The Kier molecular flexibility index (Phi) is 3.10. The molecule has 1 unspecified atom stereocenters. The van der Waals surface area contributed by atoms with Gasteiger partial charge in [0.2, 0.25) is 0 Å². The number of halogens is 1. The third-order valence-electron chi connectivity index (χ3n) is 2.44. The molecule has 0 bridgehead atoms. The summed E-state index contributed by atoms with van der Waals surface area (Å²) in [5.74, 6) is -0.394. The minimum atomic E-state index is -1.09. The molecule has 0 fully saturated rings. The van der Waals surface area contributed by atoms with Gasteiger partial charge in [0.15, 0.2) is 10.4 Å². The van der Waals surface area contributed by atoms with Gasteiger partial charge in [-0.2, -0.15) is 4.37 Å². The van der Waals surface area contributed by atoms with Crippen LogP contribution in [0.3, 0.4) is 0 Å². The van der Waals surface area contributed by atoms with E-state index < -0.39 is 12.0 Å². The van der Waals surface area contributed by atoms with Crippen molar-refractivity contribution in [2.45, 2.75) is 15.3 Å². The van der Waals surface area contributed by atoms with E-state index in [-0.39, 0.29) is 0 Å². The highest BCUT2D eigenvalue weighted by Gasteiger charge is 2.29. The first kappa shape index (κ1) is 12.1. The summed E-state index contributed by atoms with van der Waals surface area (Å²) >= 11 is 6.19. The number of amides is 1. The van der Waals surface area contributed by atoms with Gasteiger partial charge in [0.25, 0.3) is 5.91 Å². The van der Waals surface area contributed by atoms with E-state index in [1.54, 1.807) is 6.07 Å². The number of hydrogen-bond donors (Lipinski definition) is 2. The van der Waals surface area contributed by atoms with Crippen LogP contribution in [-0.2, 0) is 4.79 Å². The molecule has 0 radical (unpaired) electrons. The Labute approximate surface area is 119 Å². The van der Waals surface area contributed by atoms with Crippen molar-refractivity contribution in [2.75, 3.05) is 5.32 Å². The Morgan fingerprint density at radius 3 is 3.06 bits per heavy atom. The van der Waals surface area contributed by atoms with Crippen LogP contribution in [0.2, 0.25) is 0 Å². The van der Waals surface area contributed by atoms with E-state index in [9.17, 15) is 9.90 Å². The number of anilines is 1. The van der Waals surface area contributed by atoms with Crippen LogP contribution in [0.15, 0.2) is 32.2 Å². The lowest BCUT2D eigenvalue weighted by molar-refractivity contribution is -0.123. The van der Waals surface area contributed by atoms with E-state index >= 15 is 0 Å². The molecule has 1 amide bonds. The summed E-state index contributed by atoms with van der Waals surface area (Å²) in [5, 5.41) is 12.3. The molecule has 18 heavy (non-hydrogen) atoms. The Bertz CT molecular complexity index is 618. The monoisotopic (exact) mass is 343 g/mol. The predicted octanol–water partition coefficient (Wildman–Crippen LogP) is 2.44. The topological polar surface area (TPSA) is 75.1 Å². The highest BCUT2D eigenvalue weighted by molar-refractivity contribution is 9.10. The molecule has 1 aliphatic rings. The van der Waals surface area contributed by atoms with Crippen molar-refractivity contribution in [2.24, 2.45) is 0 Å². The van der Waals surface area contributed by atoms with Gasteiger partial charge in [0, 0.05) is 20.6 Å². The standard InChI is InChI=1S/C10H6BrN3O2S2/c11-5-1-4-6(14-9(16)8(4)15)2-7(5)17-10-12-3-13-18-10/h1-3,8,15H,(H,14,16). The largest absolute Gasteiger partial charge is 0.378 e. The second-order valence-corrected chi connectivity index (χ2v) is 6.49. The molecule has 2 heterocycles. The van der Waals surface area contributed by atoms with Crippen molar-refractivity contribution < 1.29 is 9.90 Å². The number of aliphatic hydroxyl groups is 1. The van der Waals surface area contributed by atoms with Gasteiger partial charge >= 0.3 is 0 Å². The minimum Gasteiger partial charge on any atom is -0.378 e. The zero-order valence-electron chi connectivity index (χ0n) is 8.75. The van der Waals surface area contributed by atoms with Crippen LogP contribution in [-0.4, -0.2) is 20.4 Å². The predicted molar refractivity (Wildman–Crippen MR) is 71.8 cm³/mol. The Hall–Kier alpha value is -0.960. The number of aliphatic hydroxyl groups excluding tert-OH is 1. The first-order valence-electron chi connectivity index (χ1n) is 4.92. The molecule has 5 nitrogen and oxygen atoms in total. The summed E-state index contributed by atoms with van der Waals surface area (Å²) in [6.45, 7) is 0. The Morgan fingerprint density at radius 2 is 2.33 bits per heavy atom. The van der Waals surface area contributed by atoms with E-state index in [2.05, 4.69) is 30.6 Å². The summed E-state index contributed by atoms with van der Waals surface area (Å²) in [6, 6.07) is 3.57. The summed E-state index contributed by atoms with van der Waals surface area (Å²) in [4.78, 5) is 16.4. The Morgan fingerprint density at radius 1 is 1.50 bits per heavy atom. The van der Waals surface area contributed by atoms with E-state index in [0.717, 1.165) is 13.7 Å². The molecule has 2 aromatic rings. The van der Waals surface area contributed by atoms with Crippen LogP contribution in [0.25, 0.3) is 0 Å². The van der Waals surface area contributed by atoms with Crippen LogP contribution < -0.4 is 5.32 Å². The number of nitrogens with one attached hydrogen (secondary N) is 1. The van der Waals surface area contributed by atoms with Crippen LogP contribution >= 0.6 is 39.2 Å². The summed E-state index contributed by atoms with van der Waals surface area (Å²) < 4.78 is 5.57. The molecule has 0 saturated heterocycles. The van der Waals surface area contributed by atoms with Crippen molar-refractivity contribution in [1.82, 2.24) is 9.36 Å². The Balaban J connectivity index is 1.98.